The predicted octanol–water partition coefficient (Wildman–Crippen LogP) is 1.95. The zero-order valence-electron chi connectivity index (χ0n) is 19.2. The lowest BCUT2D eigenvalue weighted by Crippen LogP contribution is -2.34. The Balaban J connectivity index is 0.000000476. The van der Waals surface area contributed by atoms with Gasteiger partial charge in [0.05, 0.1) is 5.56 Å². The van der Waals surface area contributed by atoms with Crippen molar-refractivity contribution < 1.29 is 57.5 Å². The minimum absolute atomic E-state index is 0.226. The van der Waals surface area contributed by atoms with Gasteiger partial charge in [-0.1, -0.05) is 30.3 Å². The molecule has 3 rings (SSSR count). The number of ether oxygens (including phenoxy) is 1. The van der Waals surface area contributed by atoms with Crippen LogP contribution < -0.4 is 10.5 Å². The second-order valence-corrected chi connectivity index (χ2v) is 7.39. The third kappa shape index (κ3) is 11.0. The molecule has 1 aliphatic heterocycles. The first-order valence-electron chi connectivity index (χ1n) is 10.5. The van der Waals surface area contributed by atoms with Gasteiger partial charge in [0.15, 0.2) is 0 Å². The molecular formula is C23H25F3N2O9. The van der Waals surface area contributed by atoms with Crippen LogP contribution >= 0.6 is 0 Å². The minimum Gasteiger partial charge on any atom is -0.484 e. The highest BCUT2D eigenvalue weighted by Gasteiger charge is 2.31. The Morgan fingerprint density at radius 2 is 1.49 bits per heavy atom. The fourth-order valence-electron chi connectivity index (χ4n) is 3.18. The zero-order chi connectivity index (χ0) is 28.2. The van der Waals surface area contributed by atoms with Crippen LogP contribution in [0, 0.1) is 0 Å². The molecule has 0 amide bonds. The van der Waals surface area contributed by atoms with Crippen molar-refractivity contribution in [2.24, 2.45) is 5.73 Å². The average Bonchev–Trinajstić information content (AvgIpc) is 2.99. The van der Waals surface area contributed by atoms with Crippen molar-refractivity contribution in [3.8, 4) is 5.75 Å². The number of hydrogen-bond acceptors (Lipinski definition) is 7. The van der Waals surface area contributed by atoms with Crippen molar-refractivity contribution in [2.45, 2.75) is 18.7 Å². The van der Waals surface area contributed by atoms with Crippen LogP contribution in [-0.4, -0.2) is 75.4 Å². The third-order valence-corrected chi connectivity index (χ3v) is 4.77. The van der Waals surface area contributed by atoms with Crippen LogP contribution in [0.1, 0.15) is 22.8 Å². The number of carboxylic acids is 4. The fourth-order valence-corrected chi connectivity index (χ4v) is 3.18. The summed E-state index contributed by atoms with van der Waals surface area (Å²) in [4.78, 5) is 38.6. The summed E-state index contributed by atoms with van der Waals surface area (Å²) in [6.07, 6.45) is -3.83. The summed E-state index contributed by atoms with van der Waals surface area (Å²) in [5.41, 5.74) is 7.16. The number of aliphatic carboxylic acids is 4. The Labute approximate surface area is 208 Å². The van der Waals surface area contributed by atoms with E-state index in [0.717, 1.165) is 37.2 Å². The molecule has 0 aromatic heterocycles. The fraction of sp³-hybridized carbons (Fsp3) is 0.304. The maximum Gasteiger partial charge on any atom is 0.416 e. The van der Waals surface area contributed by atoms with Crippen LogP contribution in [-0.2, 0) is 31.8 Å². The number of hydrogen-bond donors (Lipinski definition) is 5. The van der Waals surface area contributed by atoms with Crippen molar-refractivity contribution in [2.75, 3.05) is 26.2 Å². The van der Waals surface area contributed by atoms with E-state index < -0.39 is 35.6 Å². The first-order valence-corrected chi connectivity index (χ1v) is 10.5. The average molecular weight is 530 g/mol. The Kier molecular flexibility index (Phi) is 12.0. The van der Waals surface area contributed by atoms with Crippen LogP contribution in [0.3, 0.4) is 0 Å². The predicted molar refractivity (Wildman–Crippen MR) is 121 cm³/mol. The highest BCUT2D eigenvalue weighted by Crippen LogP contribution is 2.34. The van der Waals surface area contributed by atoms with Gasteiger partial charge in [-0.25, -0.2) is 19.2 Å². The largest absolute Gasteiger partial charge is 0.484 e. The molecule has 1 atom stereocenters. The topological polar surface area (TPSA) is 188 Å². The van der Waals surface area contributed by atoms with Crippen LogP contribution in [0.2, 0.25) is 0 Å². The first-order chi connectivity index (χ1) is 17.3. The van der Waals surface area contributed by atoms with Crippen LogP contribution in [0.15, 0.2) is 48.5 Å². The Morgan fingerprint density at radius 1 is 0.919 bits per heavy atom. The number of benzene rings is 2. The van der Waals surface area contributed by atoms with E-state index in [-0.39, 0.29) is 11.9 Å². The van der Waals surface area contributed by atoms with E-state index in [0.29, 0.717) is 13.1 Å². The van der Waals surface area contributed by atoms with E-state index in [1.54, 1.807) is 6.07 Å². The zero-order valence-corrected chi connectivity index (χ0v) is 19.2. The number of fused-ring (bicyclic) bond motifs is 1. The second-order valence-electron chi connectivity index (χ2n) is 7.39. The molecule has 202 valence electrons. The summed E-state index contributed by atoms with van der Waals surface area (Å²) in [6.45, 7) is 2.73. The molecular weight excluding hydrogens is 505 g/mol. The monoisotopic (exact) mass is 530 g/mol. The number of rotatable bonds is 4. The summed E-state index contributed by atoms with van der Waals surface area (Å²) in [5, 5.41) is 29.6. The molecule has 6 N–H and O–H groups in total. The molecule has 0 bridgehead atoms. The lowest BCUT2D eigenvalue weighted by Gasteiger charge is -2.25. The molecule has 0 spiro atoms. The van der Waals surface area contributed by atoms with Gasteiger partial charge in [-0.05, 0) is 35.7 Å². The van der Waals surface area contributed by atoms with Gasteiger partial charge < -0.3 is 30.9 Å². The second kappa shape index (κ2) is 14.4. The highest BCUT2D eigenvalue weighted by molar-refractivity contribution is 6.27. The molecule has 11 nitrogen and oxygen atoms in total. The van der Waals surface area contributed by atoms with E-state index in [2.05, 4.69) is 4.90 Å². The molecule has 1 aliphatic rings. The van der Waals surface area contributed by atoms with Gasteiger partial charge in [0.25, 0.3) is 0 Å². The molecule has 2 aromatic rings. The van der Waals surface area contributed by atoms with Crippen LogP contribution in [0.25, 0.3) is 0 Å². The first kappa shape index (κ1) is 30.9. The van der Waals surface area contributed by atoms with E-state index in [4.69, 9.17) is 50.1 Å². The maximum absolute atomic E-state index is 12.9. The minimum atomic E-state index is -4.38. The van der Waals surface area contributed by atoms with Crippen molar-refractivity contribution in [3.63, 3.8) is 0 Å². The highest BCUT2D eigenvalue weighted by atomic mass is 19.4. The standard InChI is InChI=1S/C19H21F3N2O.2C2H2O4/c20-19(21,22)15-5-3-6-16(12-15)25-18-13-24(11-9-23)10-8-14-4-1-2-7-17(14)18;2*3-1(4)2(5)6/h1-7,12,18H,8-11,13,23H2;2*(H,3,4)(H,5,6). The Hall–Kier alpha value is -4.17. The van der Waals surface area contributed by atoms with Gasteiger partial charge in [-0.15, -0.1) is 0 Å². The lowest BCUT2D eigenvalue weighted by atomic mass is 10.0. The quantitative estimate of drug-likeness (QED) is 0.364. The van der Waals surface area contributed by atoms with Gasteiger partial charge in [0.2, 0.25) is 0 Å². The van der Waals surface area contributed by atoms with Crippen molar-refractivity contribution in [3.05, 3.63) is 65.2 Å². The Bertz CT molecular complexity index is 1050. The van der Waals surface area contributed by atoms with Crippen LogP contribution in [0.5, 0.6) is 5.75 Å². The number of nitrogens with zero attached hydrogens (tertiary/aromatic N) is 1. The van der Waals surface area contributed by atoms with E-state index >= 15 is 0 Å². The number of halogens is 3. The molecule has 1 heterocycles. The number of alkyl halides is 3. The van der Waals surface area contributed by atoms with E-state index in [1.807, 2.05) is 24.3 Å². The SMILES string of the molecule is NCCN1CCc2ccccc2C(Oc2cccc(C(F)(F)F)c2)C1.O=C(O)C(=O)O.O=C(O)C(=O)O. The summed E-state index contributed by atoms with van der Waals surface area (Å²) in [6, 6.07) is 13.0. The van der Waals surface area contributed by atoms with Gasteiger partial charge in [0.1, 0.15) is 11.9 Å². The molecule has 14 heteroatoms. The van der Waals surface area contributed by atoms with Crippen molar-refractivity contribution in [1.82, 2.24) is 4.90 Å². The number of nitrogens with two attached hydrogens (primary N) is 1. The molecule has 0 saturated heterocycles. The van der Waals surface area contributed by atoms with Gasteiger partial charge in [-0.3, -0.25) is 4.90 Å². The summed E-state index contributed by atoms with van der Waals surface area (Å²) < 4.78 is 44.8. The van der Waals surface area contributed by atoms with Gasteiger partial charge in [-0.2, -0.15) is 13.2 Å². The third-order valence-electron chi connectivity index (χ3n) is 4.77. The van der Waals surface area contributed by atoms with Crippen molar-refractivity contribution in [1.29, 1.82) is 0 Å². The lowest BCUT2D eigenvalue weighted by molar-refractivity contribution is -0.159. The Morgan fingerprint density at radius 3 is 2.00 bits per heavy atom. The molecule has 1 unspecified atom stereocenters. The van der Waals surface area contributed by atoms with Crippen molar-refractivity contribution >= 4 is 23.9 Å². The normalized spacial score (nSPS) is 14.9. The van der Waals surface area contributed by atoms with Gasteiger partial charge >= 0.3 is 30.1 Å². The van der Waals surface area contributed by atoms with E-state index in [9.17, 15) is 13.2 Å². The molecule has 37 heavy (non-hydrogen) atoms. The molecule has 0 fully saturated rings. The summed E-state index contributed by atoms with van der Waals surface area (Å²) >= 11 is 0. The molecule has 0 radical (unpaired) electrons. The smallest absolute Gasteiger partial charge is 0.416 e. The van der Waals surface area contributed by atoms with Gasteiger partial charge in [0, 0.05) is 26.2 Å². The van der Waals surface area contributed by atoms with Crippen LogP contribution in [0.4, 0.5) is 13.2 Å². The van der Waals surface area contributed by atoms with E-state index in [1.165, 1.54) is 11.6 Å². The molecule has 0 aliphatic carbocycles. The number of carbonyl (C=O) groups is 4. The molecule has 2 aromatic carbocycles. The number of carboxylic acid groups (broad SMARTS) is 4. The summed E-state index contributed by atoms with van der Waals surface area (Å²) in [5.74, 6) is -7.07. The molecule has 0 saturated carbocycles. The summed E-state index contributed by atoms with van der Waals surface area (Å²) in [7, 11) is 0. The maximum atomic E-state index is 12.9.